The molecule has 30 heteroatoms. The lowest BCUT2D eigenvalue weighted by Gasteiger charge is -2.26. The van der Waals surface area contributed by atoms with Crippen LogP contribution in [0.1, 0.15) is 142 Å². The summed E-state index contributed by atoms with van der Waals surface area (Å²) in [4.78, 5) is 94.8. The van der Waals surface area contributed by atoms with Crippen LogP contribution in [0.3, 0.4) is 0 Å². The molecule has 4 aliphatic carbocycles. The molecule has 6 aliphatic rings. The molecule has 4 aromatic heterocycles. The Balaban J connectivity index is 0.000000210. The molecular formula is C75H99N13O15S2. The van der Waals surface area contributed by atoms with Gasteiger partial charge in [-0.2, -0.15) is 18.6 Å². The van der Waals surface area contributed by atoms with E-state index in [-0.39, 0.29) is 38.9 Å². The molecule has 6 aromatic rings. The number of allylic oxidation sites excluding steroid dienone is 2. The number of amides is 7. The van der Waals surface area contributed by atoms with E-state index in [0.29, 0.717) is 114 Å². The Morgan fingerprint density at radius 2 is 1.10 bits per heavy atom. The Kier molecular flexibility index (Phi) is 23.0. The minimum absolute atomic E-state index is 0.00260. The van der Waals surface area contributed by atoms with Crippen LogP contribution >= 0.6 is 0 Å². The molecule has 7 amide bonds. The first kappa shape index (κ1) is 76.8. The van der Waals surface area contributed by atoms with E-state index in [1.54, 1.807) is 46.0 Å². The lowest BCUT2D eigenvalue weighted by Crippen LogP contribution is -2.58. The summed E-state index contributed by atoms with van der Waals surface area (Å²) in [5, 5.41) is 22.1. The maximum absolute atomic E-state index is 14.1. The zero-order valence-electron chi connectivity index (χ0n) is 61.8. The van der Waals surface area contributed by atoms with Crippen molar-refractivity contribution in [2.24, 2.45) is 17.8 Å². The summed E-state index contributed by atoms with van der Waals surface area (Å²) < 4.78 is 84.8. The van der Waals surface area contributed by atoms with Crippen molar-refractivity contribution in [1.82, 2.24) is 65.3 Å². The van der Waals surface area contributed by atoms with Gasteiger partial charge in [0.1, 0.15) is 62.3 Å². The molecule has 0 saturated heterocycles. The van der Waals surface area contributed by atoms with Crippen molar-refractivity contribution in [2.45, 2.75) is 191 Å². The largest absolute Gasteiger partial charge is 0.496 e. The highest BCUT2D eigenvalue weighted by Crippen LogP contribution is 2.50. The van der Waals surface area contributed by atoms with Gasteiger partial charge >= 0.3 is 28.1 Å². The van der Waals surface area contributed by atoms with Crippen LogP contribution in [0.2, 0.25) is 0 Å². The number of ether oxygens (including phenoxy) is 4. The first-order chi connectivity index (χ1) is 50.0. The van der Waals surface area contributed by atoms with Crippen LogP contribution in [0.15, 0.2) is 85.2 Å². The molecule has 2 aromatic carbocycles. The lowest BCUT2D eigenvalue weighted by atomic mass is 10.1. The quantitative estimate of drug-likeness (QED) is 0.0312. The second-order valence-electron chi connectivity index (χ2n) is 29.5. The Bertz CT molecular complexity index is 4580. The summed E-state index contributed by atoms with van der Waals surface area (Å²) in [5.41, 5.74) is 2.52. The number of carbonyl (C=O) groups excluding carboxylic acids is 6. The van der Waals surface area contributed by atoms with E-state index in [1.165, 1.54) is 16.7 Å². The normalized spacial score (nSPS) is 23.8. The number of carbonyl (C=O) groups is 6. The van der Waals surface area contributed by atoms with E-state index >= 15 is 0 Å². The average Bonchev–Trinajstić information content (AvgIpc) is 1.57. The summed E-state index contributed by atoms with van der Waals surface area (Å²) in [7, 11) is -1.61. The minimum Gasteiger partial charge on any atom is -0.496 e. The van der Waals surface area contributed by atoms with E-state index in [1.807, 2.05) is 105 Å². The van der Waals surface area contributed by atoms with Crippen molar-refractivity contribution < 1.29 is 68.7 Å². The summed E-state index contributed by atoms with van der Waals surface area (Å²) in [6, 6.07) is 11.7. The van der Waals surface area contributed by atoms with E-state index in [0.717, 1.165) is 67.0 Å². The van der Waals surface area contributed by atoms with Crippen LogP contribution < -0.4 is 44.9 Å². The fourth-order valence-electron chi connectivity index (χ4n) is 13.0. The van der Waals surface area contributed by atoms with Gasteiger partial charge in [-0.05, 0) is 160 Å². The smallest absolute Gasteiger partial charge is 0.348 e. The summed E-state index contributed by atoms with van der Waals surface area (Å²) in [6.45, 7) is 15.8. The minimum atomic E-state index is -4.19. The van der Waals surface area contributed by atoms with Gasteiger partial charge in [-0.25, -0.2) is 32.8 Å². The van der Waals surface area contributed by atoms with Crippen molar-refractivity contribution in [2.75, 3.05) is 54.6 Å². The van der Waals surface area contributed by atoms with Gasteiger partial charge in [0.2, 0.25) is 21.8 Å². The molecule has 0 unspecified atom stereocenters. The Morgan fingerprint density at radius 1 is 0.629 bits per heavy atom. The number of fused-ring (bicyclic) bond motifs is 4. The number of pyridine rings is 2. The van der Waals surface area contributed by atoms with Crippen LogP contribution in [0.5, 0.6) is 23.0 Å². The SMILES string of the molecule is CCn1ccc(-c2cc(OCC[C@@H]3NC(=O)N(C)CCCC/C=C\[C@@H]4C[C@@]4(C(=O)OS(=O)(=O)C4(C)CC4)NC3=O)c3ccc(OC)c(C)c3n2)n1.COc1ccc2c(OCC[C@@H]3NC(=O)N(C)CCCC/C=C\[C@@H]4C[C@@]4(C(=O)NS(=O)(=O)C4(C)CC4)NC3=O)cc(-c3ccn(CCC(C)C)n3)nc2c1C. The highest BCUT2D eigenvalue weighted by molar-refractivity contribution is 7.91. The second-order valence-corrected chi connectivity index (χ2v) is 33.7. The summed E-state index contributed by atoms with van der Waals surface area (Å²) >= 11 is 0. The number of nitrogens with zero attached hydrogens (tertiary/aromatic N) is 8. The number of nitrogens with one attached hydrogen (secondary N) is 5. The molecule has 5 N–H and O–H groups in total. The van der Waals surface area contributed by atoms with Gasteiger partial charge in [0.25, 0.3) is 5.91 Å². The molecule has 566 valence electrons. The van der Waals surface area contributed by atoms with Crippen LogP contribution in [-0.2, 0) is 56.6 Å². The molecule has 2 aliphatic heterocycles. The third-order valence-corrected chi connectivity index (χ3v) is 25.2. The zero-order valence-corrected chi connectivity index (χ0v) is 63.5. The van der Waals surface area contributed by atoms with Gasteiger partial charge < -0.3 is 54.2 Å². The van der Waals surface area contributed by atoms with Crippen LogP contribution in [-0.4, -0.2) is 179 Å². The highest BCUT2D eigenvalue weighted by Gasteiger charge is 2.65. The lowest BCUT2D eigenvalue weighted by molar-refractivity contribution is -0.141. The van der Waals surface area contributed by atoms with E-state index in [9.17, 15) is 45.6 Å². The van der Waals surface area contributed by atoms with Gasteiger partial charge in [-0.1, -0.05) is 38.2 Å². The molecule has 0 radical (unpaired) electrons. The maximum atomic E-state index is 14.1. The number of sulfonamides is 1. The third-order valence-electron chi connectivity index (χ3n) is 21.1. The van der Waals surface area contributed by atoms with Crippen molar-refractivity contribution in [3.05, 3.63) is 96.4 Å². The number of benzene rings is 2. The number of aryl methyl sites for hydroxylation is 4. The van der Waals surface area contributed by atoms with E-state index < -0.39 is 100 Å². The van der Waals surface area contributed by atoms with E-state index in [2.05, 4.69) is 44.9 Å². The first-order valence-corrected chi connectivity index (χ1v) is 39.2. The molecule has 6 atom stereocenters. The van der Waals surface area contributed by atoms with Crippen molar-refractivity contribution in [3.63, 3.8) is 0 Å². The molecule has 0 bridgehead atoms. The topological polar surface area (TPSA) is 345 Å². The molecule has 6 heterocycles. The zero-order chi connectivity index (χ0) is 75.4. The van der Waals surface area contributed by atoms with Crippen LogP contribution in [0.4, 0.5) is 9.59 Å². The molecule has 0 spiro atoms. The Morgan fingerprint density at radius 3 is 1.56 bits per heavy atom. The van der Waals surface area contributed by atoms with Crippen LogP contribution in [0, 0.1) is 31.6 Å². The summed E-state index contributed by atoms with van der Waals surface area (Å²) in [5.74, 6) is -0.983. The Labute approximate surface area is 613 Å². The fourth-order valence-corrected chi connectivity index (χ4v) is 15.5. The molecule has 4 fully saturated rings. The third kappa shape index (κ3) is 17.2. The van der Waals surface area contributed by atoms with Gasteiger partial charge in [0, 0.05) is 111 Å². The number of hydrogen-bond donors (Lipinski definition) is 5. The van der Waals surface area contributed by atoms with Crippen molar-refractivity contribution in [3.8, 4) is 45.8 Å². The predicted octanol–water partition coefficient (Wildman–Crippen LogP) is 9.11. The predicted molar refractivity (Wildman–Crippen MR) is 395 cm³/mol. The number of hydrogen-bond acceptors (Lipinski definition) is 19. The number of methoxy groups -OCH3 is 2. The van der Waals surface area contributed by atoms with Crippen molar-refractivity contribution in [1.29, 1.82) is 0 Å². The molecule has 12 rings (SSSR count). The second kappa shape index (κ2) is 31.4. The first-order valence-electron chi connectivity index (χ1n) is 36.3. The standard InChI is InChI=1S/C39H53N7O7S.C36H46N6O8S/c1-25(2)14-20-46-21-15-29(43-46)31-23-33(28-12-13-32(52-6)26(3)34(28)40-31)53-22-16-30-35(47)42-39(36(48)44-54(50,51)38(4)17-18-38)24-27(39)11-9-7-8-10-19-45(5)37(49)41-30;1-6-42-19-14-26(40-42)28-21-30(25-12-13-29(48-5)23(2)31(25)37-28)49-20-15-27-32(43)39-36(33(44)50-51(46,47)35(3)16-17-35)22-24(36)11-9-7-8-10-18-41(4)34(45)38-27/h9,11-13,15,21,23,25,27,30H,7-8,10,14,16-20,22,24H2,1-6H3,(H,41,49)(H,42,47)(H,44,48);9,11-14,19,21,24,27H,6-8,10,15-18,20,22H2,1-5H3,(H,38,45)(H,39,43)/b2*11-9-/t27-,30+,39-;24-,27+,36-/m11/s1. The van der Waals surface area contributed by atoms with E-state index in [4.69, 9.17) is 38.2 Å². The molecule has 4 saturated carbocycles. The maximum Gasteiger partial charge on any atom is 0.348 e. The van der Waals surface area contributed by atoms with Gasteiger partial charge in [0.05, 0.1) is 54.6 Å². The molecule has 28 nitrogen and oxygen atoms in total. The number of rotatable bonds is 22. The van der Waals surface area contributed by atoms with Gasteiger partial charge in [-0.3, -0.25) is 28.5 Å². The number of aromatic nitrogens is 6. The number of urea groups is 2. The average molecular weight is 1490 g/mol. The molecule has 105 heavy (non-hydrogen) atoms. The van der Waals surface area contributed by atoms with Gasteiger partial charge in [0.15, 0.2) is 0 Å². The Hall–Kier alpha value is -9.32. The van der Waals surface area contributed by atoms with Crippen molar-refractivity contribution >= 4 is 77.7 Å². The monoisotopic (exact) mass is 1490 g/mol. The molecular weight excluding hydrogens is 1390 g/mol. The summed E-state index contributed by atoms with van der Waals surface area (Å²) in [6.07, 6.45) is 19.2. The fraction of sp³-hybridized carbons (Fsp3) is 0.547. The van der Waals surface area contributed by atoms with Gasteiger partial charge in [-0.15, -0.1) is 0 Å². The van der Waals surface area contributed by atoms with Crippen LogP contribution in [0.25, 0.3) is 44.6 Å². The highest BCUT2D eigenvalue weighted by atomic mass is 32.2.